The van der Waals surface area contributed by atoms with Crippen LogP contribution in [0.5, 0.6) is 0 Å². The lowest BCUT2D eigenvalue weighted by atomic mass is 10.1. The molecule has 0 fully saturated rings. The molecule has 0 N–H and O–H groups in total. The van der Waals surface area contributed by atoms with Crippen molar-refractivity contribution in [2.75, 3.05) is 0 Å². The maximum absolute atomic E-state index is 11.3. The molecule has 0 radical (unpaired) electrons. The third kappa shape index (κ3) is 7.79. The topological polar surface area (TPSA) is 17.1 Å². The fraction of sp³-hybridized carbons (Fsp3) is 0.889. The first-order valence-electron chi connectivity index (χ1n) is 4.33. The van der Waals surface area contributed by atoms with Crippen molar-refractivity contribution >= 4 is 13.9 Å². The molecule has 0 aromatic carbocycles. The summed E-state index contributed by atoms with van der Waals surface area (Å²) in [6.45, 7) is 10.9. The molecular formula is C9H20OSi. The van der Waals surface area contributed by atoms with Crippen molar-refractivity contribution in [3.05, 3.63) is 0 Å². The average Bonchev–Trinajstić information content (AvgIpc) is 1.53. The molecule has 0 atom stereocenters. The van der Waals surface area contributed by atoms with E-state index in [0.717, 1.165) is 12.5 Å². The highest BCUT2D eigenvalue weighted by Crippen LogP contribution is 2.12. The first-order valence-corrected chi connectivity index (χ1v) is 8.03. The SMILES string of the molecule is CC(C)CC(=O)C[Si](C)(C)C. The second kappa shape index (κ2) is 4.05. The van der Waals surface area contributed by atoms with Gasteiger partial charge in [-0.1, -0.05) is 33.5 Å². The number of hydrogen-bond acceptors (Lipinski definition) is 1. The number of carbonyl (C=O) groups is 1. The Hall–Kier alpha value is -0.113. The van der Waals surface area contributed by atoms with Crippen molar-refractivity contribution in [2.24, 2.45) is 5.92 Å². The summed E-state index contributed by atoms with van der Waals surface area (Å²) < 4.78 is 0. The van der Waals surface area contributed by atoms with Gasteiger partial charge in [0.15, 0.2) is 0 Å². The molecule has 2 heteroatoms. The van der Waals surface area contributed by atoms with Crippen molar-refractivity contribution in [3.63, 3.8) is 0 Å². The normalized spacial score (nSPS) is 12.2. The van der Waals surface area contributed by atoms with Gasteiger partial charge in [0.05, 0.1) is 8.07 Å². The summed E-state index contributed by atoms with van der Waals surface area (Å²) in [5.74, 6) is 0.984. The Morgan fingerprint density at radius 3 is 2.00 bits per heavy atom. The molecule has 0 aliphatic heterocycles. The Kier molecular flexibility index (Phi) is 4.01. The van der Waals surface area contributed by atoms with E-state index in [1.807, 2.05) is 0 Å². The summed E-state index contributed by atoms with van der Waals surface area (Å²) >= 11 is 0. The fourth-order valence-electron chi connectivity index (χ4n) is 1.12. The van der Waals surface area contributed by atoms with Gasteiger partial charge in [-0.15, -0.1) is 0 Å². The van der Waals surface area contributed by atoms with Gasteiger partial charge in [0, 0.05) is 12.5 Å². The second-order valence-corrected chi connectivity index (χ2v) is 10.3. The van der Waals surface area contributed by atoms with Crippen LogP contribution in [0.3, 0.4) is 0 Å². The summed E-state index contributed by atoms with van der Waals surface area (Å²) in [5.41, 5.74) is 0. The smallest absolute Gasteiger partial charge is 0.130 e. The molecule has 0 amide bonds. The van der Waals surface area contributed by atoms with Gasteiger partial charge >= 0.3 is 0 Å². The molecule has 0 aliphatic carbocycles. The summed E-state index contributed by atoms with van der Waals surface area (Å²) in [7, 11) is -1.14. The van der Waals surface area contributed by atoms with Gasteiger partial charge in [-0.25, -0.2) is 0 Å². The Bertz CT molecular complexity index is 133. The largest absolute Gasteiger partial charge is 0.300 e. The van der Waals surface area contributed by atoms with Gasteiger partial charge in [0.1, 0.15) is 5.78 Å². The van der Waals surface area contributed by atoms with Crippen LogP contribution in [0.1, 0.15) is 20.3 Å². The number of rotatable bonds is 4. The summed E-state index contributed by atoms with van der Waals surface area (Å²) in [5, 5.41) is 0. The first-order chi connectivity index (χ1) is 4.81. The van der Waals surface area contributed by atoms with Crippen molar-refractivity contribution in [2.45, 2.75) is 46.0 Å². The van der Waals surface area contributed by atoms with Crippen LogP contribution >= 0.6 is 0 Å². The van der Waals surface area contributed by atoms with Gasteiger partial charge < -0.3 is 4.79 Å². The lowest BCUT2D eigenvalue weighted by Crippen LogP contribution is -2.24. The van der Waals surface area contributed by atoms with Crippen LogP contribution in [-0.2, 0) is 4.79 Å². The third-order valence-corrected chi connectivity index (χ3v) is 2.82. The zero-order valence-electron chi connectivity index (χ0n) is 8.40. The lowest BCUT2D eigenvalue weighted by Gasteiger charge is -2.14. The van der Waals surface area contributed by atoms with Crippen molar-refractivity contribution in [1.82, 2.24) is 0 Å². The highest BCUT2D eigenvalue weighted by Gasteiger charge is 2.18. The fourth-order valence-corrected chi connectivity index (χ4v) is 2.45. The van der Waals surface area contributed by atoms with E-state index in [1.165, 1.54) is 0 Å². The molecule has 66 valence electrons. The van der Waals surface area contributed by atoms with Gasteiger partial charge in [-0.3, -0.25) is 0 Å². The average molecular weight is 172 g/mol. The summed E-state index contributed by atoms with van der Waals surface area (Å²) in [6, 6.07) is 0.852. The van der Waals surface area contributed by atoms with E-state index in [2.05, 4.69) is 33.5 Å². The van der Waals surface area contributed by atoms with Crippen LogP contribution in [0.25, 0.3) is 0 Å². The summed E-state index contributed by atoms with van der Waals surface area (Å²) in [6.07, 6.45) is 0.768. The monoisotopic (exact) mass is 172 g/mol. The maximum atomic E-state index is 11.3. The van der Waals surface area contributed by atoms with Crippen molar-refractivity contribution < 1.29 is 4.79 Å². The predicted molar refractivity (Wildman–Crippen MR) is 52.6 cm³/mol. The van der Waals surface area contributed by atoms with Gasteiger partial charge in [-0.2, -0.15) is 0 Å². The highest BCUT2D eigenvalue weighted by atomic mass is 28.3. The maximum Gasteiger partial charge on any atom is 0.130 e. The highest BCUT2D eigenvalue weighted by molar-refractivity contribution is 6.78. The van der Waals surface area contributed by atoms with Gasteiger partial charge in [0.2, 0.25) is 0 Å². The number of hydrogen-bond donors (Lipinski definition) is 0. The van der Waals surface area contributed by atoms with Gasteiger partial charge in [0.25, 0.3) is 0 Å². The van der Waals surface area contributed by atoms with E-state index in [4.69, 9.17) is 0 Å². The van der Waals surface area contributed by atoms with Crippen molar-refractivity contribution in [1.29, 1.82) is 0 Å². The van der Waals surface area contributed by atoms with E-state index in [0.29, 0.717) is 11.7 Å². The zero-order valence-corrected chi connectivity index (χ0v) is 9.40. The Labute approximate surface area is 71.2 Å². The summed E-state index contributed by atoms with van der Waals surface area (Å²) in [4.78, 5) is 11.3. The quantitative estimate of drug-likeness (QED) is 0.596. The van der Waals surface area contributed by atoms with Crippen LogP contribution < -0.4 is 0 Å². The second-order valence-electron chi connectivity index (χ2n) is 4.87. The van der Waals surface area contributed by atoms with Crippen LogP contribution in [0.2, 0.25) is 25.7 Å². The molecule has 0 aromatic heterocycles. The molecule has 0 heterocycles. The van der Waals surface area contributed by atoms with E-state index in [-0.39, 0.29) is 0 Å². The molecule has 0 saturated heterocycles. The van der Waals surface area contributed by atoms with Crippen LogP contribution in [-0.4, -0.2) is 13.9 Å². The minimum Gasteiger partial charge on any atom is -0.300 e. The molecule has 1 nitrogen and oxygen atoms in total. The number of ketones is 1. The molecule has 0 aromatic rings. The molecule has 11 heavy (non-hydrogen) atoms. The van der Waals surface area contributed by atoms with E-state index in [9.17, 15) is 4.79 Å². The molecule has 0 saturated carbocycles. The van der Waals surface area contributed by atoms with E-state index >= 15 is 0 Å². The first kappa shape index (κ1) is 10.9. The Morgan fingerprint density at radius 1 is 1.27 bits per heavy atom. The number of carbonyl (C=O) groups excluding carboxylic acids is 1. The van der Waals surface area contributed by atoms with Crippen LogP contribution in [0.4, 0.5) is 0 Å². The predicted octanol–water partition coefficient (Wildman–Crippen LogP) is 2.94. The van der Waals surface area contributed by atoms with E-state index < -0.39 is 8.07 Å². The molecular weight excluding hydrogens is 152 g/mol. The Morgan fingerprint density at radius 2 is 1.73 bits per heavy atom. The Balaban J connectivity index is 3.71. The minimum absolute atomic E-state index is 0.458. The minimum atomic E-state index is -1.14. The number of Topliss-reactive ketones (excluding diaryl/α,β-unsaturated/α-hetero) is 1. The molecule has 0 bridgehead atoms. The third-order valence-electron chi connectivity index (χ3n) is 1.36. The molecule has 0 aliphatic rings. The zero-order chi connectivity index (χ0) is 9.07. The molecule has 0 unspecified atom stereocenters. The van der Waals surface area contributed by atoms with E-state index in [1.54, 1.807) is 0 Å². The van der Waals surface area contributed by atoms with Crippen LogP contribution in [0.15, 0.2) is 0 Å². The standard InChI is InChI=1S/C9H20OSi/c1-8(2)6-9(10)7-11(3,4)5/h8H,6-7H2,1-5H3. The van der Waals surface area contributed by atoms with Crippen molar-refractivity contribution in [3.8, 4) is 0 Å². The van der Waals surface area contributed by atoms with Gasteiger partial charge in [-0.05, 0) is 5.92 Å². The molecule has 0 spiro atoms. The molecule has 0 rings (SSSR count). The lowest BCUT2D eigenvalue weighted by molar-refractivity contribution is -0.117. The van der Waals surface area contributed by atoms with Crippen LogP contribution in [0, 0.1) is 5.92 Å².